The molecule has 2 amide bonds. The number of nitrogens with zero attached hydrogens (tertiary/aromatic N) is 4. The van der Waals surface area contributed by atoms with Gasteiger partial charge in [0, 0.05) is 36.3 Å². The summed E-state index contributed by atoms with van der Waals surface area (Å²) < 4.78 is 29.1. The van der Waals surface area contributed by atoms with Crippen molar-refractivity contribution in [3.63, 3.8) is 0 Å². The first-order valence-corrected chi connectivity index (χ1v) is 11.2. The van der Waals surface area contributed by atoms with E-state index in [2.05, 4.69) is 15.4 Å². The van der Waals surface area contributed by atoms with Crippen LogP contribution in [0.4, 0.5) is 14.5 Å². The smallest absolute Gasteiger partial charge is 0.321 e. The zero-order chi connectivity index (χ0) is 24.7. The molecule has 5 rings (SSSR count). The number of pyridine rings is 1. The Morgan fingerprint density at radius 1 is 1.09 bits per heavy atom. The number of benzene rings is 2. The maximum Gasteiger partial charge on any atom is 0.321 e. The van der Waals surface area contributed by atoms with Crippen molar-refractivity contribution in [3.05, 3.63) is 84.3 Å². The maximum absolute atomic E-state index is 13.6. The summed E-state index contributed by atoms with van der Waals surface area (Å²) in [6.45, 7) is 2.45. The molecule has 1 fully saturated rings. The van der Waals surface area contributed by atoms with Crippen LogP contribution in [0.25, 0.3) is 16.6 Å². The van der Waals surface area contributed by atoms with E-state index in [1.165, 1.54) is 0 Å². The topological polar surface area (TPSA) is 80.1 Å². The summed E-state index contributed by atoms with van der Waals surface area (Å²) >= 11 is 0. The summed E-state index contributed by atoms with van der Waals surface area (Å²) in [6.07, 6.45) is 3.34. The van der Waals surface area contributed by atoms with E-state index in [1.54, 1.807) is 28.0 Å². The van der Waals surface area contributed by atoms with Crippen LogP contribution in [0.3, 0.4) is 0 Å². The number of carbonyl (C=O) groups excluding carboxylic acids is 2. The van der Waals surface area contributed by atoms with Gasteiger partial charge in [-0.25, -0.2) is 4.68 Å². The molecule has 2 aromatic carbocycles. The van der Waals surface area contributed by atoms with Gasteiger partial charge in [0.2, 0.25) is 5.91 Å². The molecule has 0 spiro atoms. The number of halogens is 2. The standard InChI is InChI=1S/C26H23F2N5O2/c1-16-12-20(10-11-29-16)33-22-9-8-19(13-18(22)15-30-33)32-23(34)14-21(31-25(35)26(2,27)28)24(32)17-6-4-3-5-7-17/h3-13,15,21,24H,14H2,1-2H3,(H,31,35)/t21-,24+/m0/s1. The fraction of sp³-hybridized carbons (Fsp3) is 0.231. The van der Waals surface area contributed by atoms with Gasteiger partial charge in [-0.1, -0.05) is 30.3 Å². The minimum Gasteiger partial charge on any atom is -0.345 e. The van der Waals surface area contributed by atoms with Crippen molar-refractivity contribution in [1.82, 2.24) is 20.1 Å². The van der Waals surface area contributed by atoms with Crippen LogP contribution in [-0.2, 0) is 9.59 Å². The summed E-state index contributed by atoms with van der Waals surface area (Å²) in [5.74, 6) is -5.21. The molecule has 2 aromatic heterocycles. The minimum atomic E-state index is -3.55. The maximum atomic E-state index is 13.6. The highest BCUT2D eigenvalue weighted by atomic mass is 19.3. The third-order valence-corrected chi connectivity index (χ3v) is 6.13. The van der Waals surface area contributed by atoms with Crippen LogP contribution in [0.15, 0.2) is 73.1 Å². The zero-order valence-corrected chi connectivity index (χ0v) is 19.2. The monoisotopic (exact) mass is 475 g/mol. The van der Waals surface area contributed by atoms with Gasteiger partial charge in [0.15, 0.2) is 0 Å². The quantitative estimate of drug-likeness (QED) is 0.466. The average molecular weight is 475 g/mol. The van der Waals surface area contributed by atoms with Gasteiger partial charge in [0.05, 0.1) is 29.5 Å². The third-order valence-electron chi connectivity index (χ3n) is 6.13. The predicted molar refractivity (Wildman–Crippen MR) is 127 cm³/mol. The highest BCUT2D eigenvalue weighted by Crippen LogP contribution is 2.39. The van der Waals surface area contributed by atoms with E-state index in [9.17, 15) is 18.4 Å². The Labute approximate surface area is 200 Å². The highest BCUT2D eigenvalue weighted by Gasteiger charge is 2.45. The first-order chi connectivity index (χ1) is 16.7. The molecule has 9 heteroatoms. The lowest BCUT2D eigenvalue weighted by atomic mass is 9.99. The van der Waals surface area contributed by atoms with E-state index in [-0.39, 0.29) is 12.3 Å². The van der Waals surface area contributed by atoms with Crippen molar-refractivity contribution >= 4 is 28.4 Å². The lowest BCUT2D eigenvalue weighted by molar-refractivity contribution is -0.143. The van der Waals surface area contributed by atoms with Gasteiger partial charge in [-0.2, -0.15) is 13.9 Å². The van der Waals surface area contributed by atoms with Crippen LogP contribution >= 0.6 is 0 Å². The molecule has 1 N–H and O–H groups in total. The Morgan fingerprint density at radius 3 is 2.57 bits per heavy atom. The second-order valence-corrected chi connectivity index (χ2v) is 8.75. The summed E-state index contributed by atoms with van der Waals surface area (Å²) in [7, 11) is 0. The minimum absolute atomic E-state index is 0.0883. The molecule has 0 radical (unpaired) electrons. The van der Waals surface area contributed by atoms with Gasteiger partial charge in [-0.05, 0) is 42.8 Å². The predicted octanol–water partition coefficient (Wildman–Crippen LogP) is 4.35. The van der Waals surface area contributed by atoms with E-state index < -0.39 is 23.9 Å². The number of alkyl halides is 2. The van der Waals surface area contributed by atoms with Crippen LogP contribution in [0.1, 0.15) is 30.6 Å². The van der Waals surface area contributed by atoms with Crippen LogP contribution in [-0.4, -0.2) is 38.5 Å². The van der Waals surface area contributed by atoms with Crippen molar-refractivity contribution < 1.29 is 18.4 Å². The number of aromatic nitrogens is 3. The highest BCUT2D eigenvalue weighted by molar-refractivity contribution is 6.00. The lowest BCUT2D eigenvalue weighted by Crippen LogP contribution is -2.46. The average Bonchev–Trinajstić information content (AvgIpc) is 3.39. The van der Waals surface area contributed by atoms with Gasteiger partial charge >= 0.3 is 5.92 Å². The molecule has 2 atom stereocenters. The molecule has 7 nitrogen and oxygen atoms in total. The van der Waals surface area contributed by atoms with E-state index in [1.807, 2.05) is 61.5 Å². The van der Waals surface area contributed by atoms with E-state index in [0.29, 0.717) is 12.6 Å². The van der Waals surface area contributed by atoms with Crippen molar-refractivity contribution in [2.24, 2.45) is 0 Å². The number of amides is 2. The Morgan fingerprint density at radius 2 is 1.86 bits per heavy atom. The molecule has 35 heavy (non-hydrogen) atoms. The number of hydrogen-bond donors (Lipinski definition) is 1. The molecular formula is C26H23F2N5O2. The van der Waals surface area contributed by atoms with Crippen molar-refractivity contribution in [2.45, 2.75) is 38.3 Å². The van der Waals surface area contributed by atoms with Crippen LogP contribution in [0.2, 0.25) is 0 Å². The van der Waals surface area contributed by atoms with Gasteiger partial charge in [0.25, 0.3) is 5.91 Å². The molecule has 0 aliphatic carbocycles. The van der Waals surface area contributed by atoms with Gasteiger partial charge in [-0.3, -0.25) is 14.6 Å². The Balaban J connectivity index is 1.54. The number of aryl methyl sites for hydroxylation is 1. The molecule has 3 heterocycles. The van der Waals surface area contributed by atoms with Gasteiger partial charge in [0.1, 0.15) is 0 Å². The van der Waals surface area contributed by atoms with E-state index >= 15 is 0 Å². The fourth-order valence-electron chi connectivity index (χ4n) is 4.53. The second-order valence-electron chi connectivity index (χ2n) is 8.75. The first kappa shape index (κ1) is 22.6. The SMILES string of the molecule is Cc1cc(-n2ncc3cc(N4C(=O)C[C@H](NC(=O)C(C)(F)F)[C@H]4c4ccccc4)ccc32)ccn1. The van der Waals surface area contributed by atoms with E-state index in [0.717, 1.165) is 27.8 Å². The van der Waals surface area contributed by atoms with Crippen LogP contribution in [0, 0.1) is 6.92 Å². The largest absolute Gasteiger partial charge is 0.345 e. The summed E-state index contributed by atoms with van der Waals surface area (Å²) in [6, 6.07) is 17.0. The number of nitrogens with one attached hydrogen (secondary N) is 1. The van der Waals surface area contributed by atoms with Gasteiger partial charge in [-0.15, -0.1) is 0 Å². The summed E-state index contributed by atoms with van der Waals surface area (Å²) in [5, 5.41) is 7.70. The molecule has 1 aliphatic rings. The first-order valence-electron chi connectivity index (χ1n) is 11.2. The molecule has 0 saturated carbocycles. The molecule has 1 saturated heterocycles. The van der Waals surface area contributed by atoms with Gasteiger partial charge < -0.3 is 10.2 Å². The second kappa shape index (κ2) is 8.57. The third kappa shape index (κ3) is 4.25. The lowest BCUT2D eigenvalue weighted by Gasteiger charge is -2.29. The van der Waals surface area contributed by atoms with Crippen molar-refractivity contribution in [1.29, 1.82) is 0 Å². The Bertz CT molecular complexity index is 1410. The number of hydrogen-bond acceptors (Lipinski definition) is 4. The van der Waals surface area contributed by atoms with Crippen molar-refractivity contribution in [3.8, 4) is 5.69 Å². The molecular weight excluding hydrogens is 452 g/mol. The molecule has 0 bridgehead atoms. The van der Waals surface area contributed by atoms with Crippen molar-refractivity contribution in [2.75, 3.05) is 4.90 Å². The van der Waals surface area contributed by atoms with Crippen LogP contribution < -0.4 is 10.2 Å². The van der Waals surface area contributed by atoms with Crippen LogP contribution in [0.5, 0.6) is 0 Å². The molecule has 4 aromatic rings. The number of fused-ring (bicyclic) bond motifs is 1. The molecule has 0 unspecified atom stereocenters. The Hall–Kier alpha value is -4.14. The fourth-order valence-corrected chi connectivity index (χ4v) is 4.53. The zero-order valence-electron chi connectivity index (χ0n) is 19.2. The normalized spacial score (nSPS) is 18.3. The number of rotatable bonds is 5. The number of carbonyl (C=O) groups is 2. The number of anilines is 1. The molecule has 178 valence electrons. The molecule has 1 aliphatic heterocycles. The Kier molecular flexibility index (Phi) is 5.55. The summed E-state index contributed by atoms with van der Waals surface area (Å²) in [4.78, 5) is 31.0. The summed E-state index contributed by atoms with van der Waals surface area (Å²) in [5.41, 5.74) is 3.91. The van der Waals surface area contributed by atoms with E-state index in [4.69, 9.17) is 0 Å².